The molecule has 0 radical (unpaired) electrons. The molecule has 0 N–H and O–H groups in total. The molecule has 160 valence electrons. The largest absolute Gasteiger partial charge is 0.489 e. The number of aryl methyl sites for hydroxylation is 1. The van der Waals surface area contributed by atoms with Gasteiger partial charge in [0.05, 0.1) is 11.1 Å². The number of benzene rings is 2. The molecule has 5 heteroatoms. The van der Waals surface area contributed by atoms with Crippen LogP contribution in [0.3, 0.4) is 0 Å². The summed E-state index contributed by atoms with van der Waals surface area (Å²) in [6.07, 6.45) is 4.64. The van der Waals surface area contributed by atoms with Gasteiger partial charge >= 0.3 is 0 Å². The van der Waals surface area contributed by atoms with E-state index in [1.54, 1.807) is 0 Å². The van der Waals surface area contributed by atoms with Gasteiger partial charge in [-0.2, -0.15) is 0 Å². The van der Waals surface area contributed by atoms with Crippen LogP contribution >= 0.6 is 11.6 Å². The first-order valence-corrected chi connectivity index (χ1v) is 11.4. The Morgan fingerprint density at radius 2 is 1.83 bits per heavy atom. The van der Waals surface area contributed by atoms with E-state index in [1.807, 2.05) is 55.3 Å². The minimum Gasteiger partial charge on any atom is -0.489 e. The second-order valence-corrected chi connectivity index (χ2v) is 9.22. The van der Waals surface area contributed by atoms with Gasteiger partial charge in [0.2, 0.25) is 0 Å². The normalized spacial score (nSPS) is 21.3. The van der Waals surface area contributed by atoms with E-state index in [0.717, 1.165) is 66.5 Å². The smallest absolute Gasteiger partial charge is 0.253 e. The molecule has 0 atom stereocenters. The van der Waals surface area contributed by atoms with Gasteiger partial charge in [-0.05, 0) is 75.4 Å². The number of carbonyl (C=O) groups is 1. The Bertz CT molecular complexity index is 871. The average Bonchev–Trinajstić information content (AvgIpc) is 3.22. The molecule has 2 fully saturated rings. The van der Waals surface area contributed by atoms with Crippen molar-refractivity contribution in [2.45, 2.75) is 45.3 Å². The Hall–Kier alpha value is -2.04. The summed E-state index contributed by atoms with van der Waals surface area (Å²) < 4.78 is 6.20. The summed E-state index contributed by atoms with van der Waals surface area (Å²) >= 11 is 6.65. The number of halogens is 1. The number of carbonyl (C=O) groups excluding carboxylic acids is 1. The van der Waals surface area contributed by atoms with Crippen LogP contribution in [-0.4, -0.2) is 48.5 Å². The van der Waals surface area contributed by atoms with Crippen LogP contribution < -0.4 is 4.74 Å². The number of hydrogen-bond acceptors (Lipinski definition) is 3. The lowest BCUT2D eigenvalue weighted by Gasteiger charge is -2.37. The molecule has 1 aliphatic carbocycles. The van der Waals surface area contributed by atoms with E-state index in [4.69, 9.17) is 16.3 Å². The molecule has 1 amide bonds. The van der Waals surface area contributed by atoms with Crippen molar-refractivity contribution in [3.05, 3.63) is 64.2 Å². The van der Waals surface area contributed by atoms with Crippen molar-refractivity contribution in [2.24, 2.45) is 5.92 Å². The zero-order chi connectivity index (χ0) is 21.1. The fraction of sp³-hybridized carbons (Fsp3) is 0.480. The minimum absolute atomic E-state index is 0.0806. The van der Waals surface area contributed by atoms with E-state index < -0.39 is 0 Å². The van der Waals surface area contributed by atoms with Gasteiger partial charge in [0.1, 0.15) is 5.75 Å². The Kier molecular flexibility index (Phi) is 6.64. The Labute approximate surface area is 184 Å². The summed E-state index contributed by atoms with van der Waals surface area (Å²) in [4.78, 5) is 16.9. The quantitative estimate of drug-likeness (QED) is 0.612. The second-order valence-electron chi connectivity index (χ2n) is 8.84. The molecule has 4 nitrogen and oxygen atoms in total. The summed E-state index contributed by atoms with van der Waals surface area (Å²) in [5.74, 6) is 1.35. The van der Waals surface area contributed by atoms with Crippen LogP contribution in [0.4, 0.5) is 0 Å². The number of hydrogen-bond donors (Lipinski definition) is 0. The van der Waals surface area contributed by atoms with Gasteiger partial charge in [-0.15, -0.1) is 0 Å². The molecule has 0 bridgehead atoms. The van der Waals surface area contributed by atoms with Crippen molar-refractivity contribution in [3.8, 4) is 5.75 Å². The number of likely N-dealkylation sites (tertiary alicyclic amines) is 1. The van der Waals surface area contributed by atoms with Crippen molar-refractivity contribution in [3.63, 3.8) is 0 Å². The zero-order valence-corrected chi connectivity index (χ0v) is 18.7. The summed E-state index contributed by atoms with van der Waals surface area (Å²) in [6, 6.07) is 13.9. The first-order valence-electron chi connectivity index (χ1n) is 11.0. The van der Waals surface area contributed by atoms with E-state index in [2.05, 4.69) is 11.0 Å². The van der Waals surface area contributed by atoms with Crippen LogP contribution in [0.2, 0.25) is 5.02 Å². The lowest BCUT2D eigenvalue weighted by atomic mass is 9.82. The first-order chi connectivity index (χ1) is 14.5. The molecule has 1 aliphatic heterocycles. The maximum atomic E-state index is 12.6. The highest BCUT2D eigenvalue weighted by molar-refractivity contribution is 6.32. The Morgan fingerprint density at radius 3 is 2.53 bits per heavy atom. The zero-order valence-electron chi connectivity index (χ0n) is 17.9. The molecule has 0 aromatic heterocycles. The Morgan fingerprint density at radius 1 is 1.13 bits per heavy atom. The second kappa shape index (κ2) is 9.40. The fourth-order valence-corrected chi connectivity index (χ4v) is 4.67. The third kappa shape index (κ3) is 4.98. The number of rotatable bonds is 7. The van der Waals surface area contributed by atoms with Crippen LogP contribution in [0.15, 0.2) is 42.5 Å². The molecule has 4 rings (SSSR count). The van der Waals surface area contributed by atoms with Gasteiger partial charge in [0.15, 0.2) is 0 Å². The number of nitrogens with zero attached hydrogens (tertiary/aromatic N) is 2. The number of amides is 1. The van der Waals surface area contributed by atoms with Crippen molar-refractivity contribution in [2.75, 3.05) is 26.7 Å². The standard InChI is InChI=1S/C25H31ClN2O2/c1-18-8-10-20(11-9-18)25(29)27(2)16-19-14-22(15-19)30-23-7-5-6-21(24(23)26)17-28-12-3-4-13-28/h5-11,19,22H,3-4,12-17H2,1-2H3. The van der Waals surface area contributed by atoms with Crippen molar-refractivity contribution in [1.29, 1.82) is 0 Å². The summed E-state index contributed by atoms with van der Waals surface area (Å²) in [7, 11) is 1.88. The van der Waals surface area contributed by atoms with Gasteiger partial charge in [-0.1, -0.05) is 41.4 Å². The molecular formula is C25H31ClN2O2. The average molecular weight is 427 g/mol. The van der Waals surface area contributed by atoms with E-state index in [1.165, 1.54) is 12.8 Å². The highest BCUT2D eigenvalue weighted by Gasteiger charge is 2.33. The maximum Gasteiger partial charge on any atom is 0.253 e. The van der Waals surface area contributed by atoms with Gasteiger partial charge in [-0.3, -0.25) is 9.69 Å². The molecule has 1 saturated carbocycles. The van der Waals surface area contributed by atoms with Crippen LogP contribution in [0.1, 0.15) is 47.2 Å². The molecule has 2 aromatic carbocycles. The lowest BCUT2D eigenvalue weighted by molar-refractivity contribution is 0.0419. The molecule has 1 saturated heterocycles. The van der Waals surface area contributed by atoms with Gasteiger partial charge in [0.25, 0.3) is 5.91 Å². The van der Waals surface area contributed by atoms with Gasteiger partial charge in [-0.25, -0.2) is 0 Å². The van der Waals surface area contributed by atoms with E-state index in [9.17, 15) is 4.79 Å². The molecule has 1 heterocycles. The summed E-state index contributed by atoms with van der Waals surface area (Å²) in [5, 5.41) is 0.750. The van der Waals surface area contributed by atoms with Crippen LogP contribution in [0.25, 0.3) is 0 Å². The van der Waals surface area contributed by atoms with Crippen molar-refractivity contribution >= 4 is 17.5 Å². The first kappa shape index (κ1) is 21.2. The SMILES string of the molecule is Cc1ccc(C(=O)N(C)CC2CC(Oc3cccc(CN4CCCC4)c3Cl)C2)cc1. The van der Waals surface area contributed by atoms with E-state index in [0.29, 0.717) is 5.92 Å². The monoisotopic (exact) mass is 426 g/mol. The van der Waals surface area contributed by atoms with Crippen molar-refractivity contribution in [1.82, 2.24) is 9.80 Å². The molecule has 0 spiro atoms. The van der Waals surface area contributed by atoms with Gasteiger partial charge < -0.3 is 9.64 Å². The maximum absolute atomic E-state index is 12.6. The predicted octanol–water partition coefficient (Wildman–Crippen LogP) is 5.17. The predicted molar refractivity (Wildman–Crippen MR) is 121 cm³/mol. The van der Waals surface area contributed by atoms with Crippen molar-refractivity contribution < 1.29 is 9.53 Å². The Balaban J connectivity index is 1.26. The third-order valence-electron chi connectivity index (χ3n) is 6.30. The highest BCUT2D eigenvalue weighted by Crippen LogP contribution is 2.36. The van der Waals surface area contributed by atoms with Gasteiger partial charge in [0, 0.05) is 25.7 Å². The summed E-state index contributed by atoms with van der Waals surface area (Å²) in [5.41, 5.74) is 3.06. The minimum atomic E-state index is 0.0806. The third-order valence-corrected chi connectivity index (χ3v) is 6.73. The highest BCUT2D eigenvalue weighted by atomic mass is 35.5. The fourth-order valence-electron chi connectivity index (χ4n) is 4.44. The van der Waals surface area contributed by atoms with E-state index >= 15 is 0 Å². The molecular weight excluding hydrogens is 396 g/mol. The lowest BCUT2D eigenvalue weighted by Crippen LogP contribution is -2.42. The molecule has 2 aliphatic rings. The van der Waals surface area contributed by atoms with Crippen LogP contribution in [-0.2, 0) is 6.54 Å². The molecule has 30 heavy (non-hydrogen) atoms. The van der Waals surface area contributed by atoms with Crippen LogP contribution in [0.5, 0.6) is 5.75 Å². The molecule has 0 unspecified atom stereocenters. The van der Waals surface area contributed by atoms with Crippen LogP contribution in [0, 0.1) is 12.8 Å². The van der Waals surface area contributed by atoms with E-state index in [-0.39, 0.29) is 12.0 Å². The molecule has 2 aromatic rings. The summed E-state index contributed by atoms with van der Waals surface area (Å²) in [6.45, 7) is 5.99. The topological polar surface area (TPSA) is 32.8 Å². The number of ether oxygens (including phenoxy) is 1.